The molecule has 2 atom stereocenters. The first-order valence-electron chi connectivity index (χ1n) is 6.21. The summed E-state index contributed by atoms with van der Waals surface area (Å²) in [5.74, 6) is -0.290. The smallest absolute Gasteiger partial charge is 0.407 e. The van der Waals surface area contributed by atoms with Gasteiger partial charge in [-0.1, -0.05) is 17.7 Å². The molecule has 19 heavy (non-hydrogen) atoms. The second-order valence-electron chi connectivity index (χ2n) is 5.77. The molecule has 0 heterocycles. The van der Waals surface area contributed by atoms with Gasteiger partial charge in [0.2, 0.25) is 0 Å². The second-order valence-corrected chi connectivity index (χ2v) is 6.18. The van der Waals surface area contributed by atoms with Crippen molar-refractivity contribution in [3.05, 3.63) is 34.6 Å². The first kappa shape index (κ1) is 14.1. The molecule has 0 bridgehead atoms. The lowest BCUT2D eigenvalue weighted by atomic mass is 10.1. The summed E-state index contributed by atoms with van der Waals surface area (Å²) in [6, 6.07) is 4.75. The van der Waals surface area contributed by atoms with Crippen LogP contribution in [0.4, 0.5) is 9.18 Å². The summed E-state index contributed by atoms with van der Waals surface area (Å²) in [5, 5.41) is 2.89. The summed E-state index contributed by atoms with van der Waals surface area (Å²) < 4.78 is 18.5. The molecule has 5 heteroatoms. The quantitative estimate of drug-likeness (QED) is 0.896. The van der Waals surface area contributed by atoms with E-state index in [0.29, 0.717) is 0 Å². The fraction of sp³-hybridized carbons (Fsp3) is 0.500. The molecule has 1 aromatic rings. The Morgan fingerprint density at radius 1 is 1.47 bits per heavy atom. The van der Waals surface area contributed by atoms with E-state index >= 15 is 0 Å². The van der Waals surface area contributed by atoms with Crippen molar-refractivity contribution in [1.82, 2.24) is 5.32 Å². The van der Waals surface area contributed by atoms with Gasteiger partial charge in [0, 0.05) is 12.0 Å². The Kier molecular flexibility index (Phi) is 3.72. The molecule has 2 rings (SSSR count). The van der Waals surface area contributed by atoms with Crippen molar-refractivity contribution in [3.63, 3.8) is 0 Å². The molecule has 1 aromatic carbocycles. The van der Waals surface area contributed by atoms with Gasteiger partial charge in [0.05, 0.1) is 5.02 Å². The average Bonchev–Trinajstić information content (AvgIpc) is 2.98. The largest absolute Gasteiger partial charge is 0.444 e. The molecule has 1 amide bonds. The highest BCUT2D eigenvalue weighted by atomic mass is 35.5. The Labute approximate surface area is 117 Å². The van der Waals surface area contributed by atoms with Gasteiger partial charge in [-0.2, -0.15) is 0 Å². The van der Waals surface area contributed by atoms with Crippen LogP contribution in [0.15, 0.2) is 18.2 Å². The number of alkyl carbamates (subject to hydrolysis) is 1. The molecule has 0 aromatic heterocycles. The Morgan fingerprint density at radius 2 is 2.16 bits per heavy atom. The van der Waals surface area contributed by atoms with Crippen molar-refractivity contribution < 1.29 is 13.9 Å². The third-order valence-electron chi connectivity index (χ3n) is 2.86. The number of carbonyl (C=O) groups is 1. The van der Waals surface area contributed by atoms with E-state index in [1.807, 2.05) is 20.8 Å². The first-order chi connectivity index (χ1) is 8.76. The standard InChI is InChI=1S/C14H17ClFNO2/c1-14(2,3)19-13(18)17-12-7-9(12)8-4-5-10(15)11(16)6-8/h4-6,9,12H,7H2,1-3H3,(H,17,18). The van der Waals surface area contributed by atoms with Crippen LogP contribution < -0.4 is 5.32 Å². The van der Waals surface area contributed by atoms with Crippen LogP contribution in [0.2, 0.25) is 5.02 Å². The molecule has 1 saturated carbocycles. The van der Waals surface area contributed by atoms with Crippen molar-refractivity contribution in [3.8, 4) is 0 Å². The van der Waals surface area contributed by atoms with Crippen LogP contribution >= 0.6 is 11.6 Å². The molecule has 2 unspecified atom stereocenters. The van der Waals surface area contributed by atoms with E-state index < -0.39 is 17.5 Å². The summed E-state index contributed by atoms with van der Waals surface area (Å²) in [4.78, 5) is 11.6. The maximum Gasteiger partial charge on any atom is 0.407 e. The molecule has 1 fully saturated rings. The van der Waals surface area contributed by atoms with Crippen LogP contribution in [-0.2, 0) is 4.74 Å². The van der Waals surface area contributed by atoms with E-state index in [-0.39, 0.29) is 17.0 Å². The number of benzene rings is 1. The predicted molar refractivity (Wildman–Crippen MR) is 71.9 cm³/mol. The third-order valence-corrected chi connectivity index (χ3v) is 3.17. The number of hydrogen-bond acceptors (Lipinski definition) is 2. The Balaban J connectivity index is 1.90. The average molecular weight is 286 g/mol. The molecule has 1 N–H and O–H groups in total. The lowest BCUT2D eigenvalue weighted by molar-refractivity contribution is 0.0523. The Hall–Kier alpha value is -1.29. The number of ether oxygens (including phenoxy) is 1. The van der Waals surface area contributed by atoms with E-state index in [0.717, 1.165) is 12.0 Å². The zero-order valence-corrected chi connectivity index (χ0v) is 11.9. The van der Waals surface area contributed by atoms with Crippen molar-refractivity contribution in [1.29, 1.82) is 0 Å². The van der Waals surface area contributed by atoms with Gasteiger partial charge in [-0.15, -0.1) is 0 Å². The molecule has 0 saturated heterocycles. The zero-order chi connectivity index (χ0) is 14.2. The number of halogens is 2. The second kappa shape index (κ2) is 5.00. The molecular formula is C14H17ClFNO2. The van der Waals surface area contributed by atoms with Gasteiger partial charge in [0.1, 0.15) is 11.4 Å². The highest BCUT2D eigenvalue weighted by molar-refractivity contribution is 6.30. The van der Waals surface area contributed by atoms with E-state index in [2.05, 4.69) is 5.32 Å². The van der Waals surface area contributed by atoms with E-state index in [1.54, 1.807) is 6.07 Å². The number of amides is 1. The fourth-order valence-electron chi connectivity index (χ4n) is 1.92. The van der Waals surface area contributed by atoms with E-state index in [1.165, 1.54) is 12.1 Å². The van der Waals surface area contributed by atoms with Crippen LogP contribution in [-0.4, -0.2) is 17.7 Å². The van der Waals surface area contributed by atoms with Crippen molar-refractivity contribution in [2.24, 2.45) is 0 Å². The maximum atomic E-state index is 13.3. The van der Waals surface area contributed by atoms with Crippen molar-refractivity contribution in [2.75, 3.05) is 0 Å². The SMILES string of the molecule is CC(C)(C)OC(=O)NC1CC1c1ccc(Cl)c(F)c1. The van der Waals surface area contributed by atoms with Crippen molar-refractivity contribution >= 4 is 17.7 Å². The molecule has 104 valence electrons. The van der Waals surface area contributed by atoms with Gasteiger partial charge in [0.25, 0.3) is 0 Å². The number of carbonyl (C=O) groups excluding carboxylic acids is 1. The van der Waals surface area contributed by atoms with Gasteiger partial charge < -0.3 is 10.1 Å². The molecule has 0 radical (unpaired) electrons. The predicted octanol–water partition coefficient (Wildman–Crippen LogP) is 3.86. The zero-order valence-electron chi connectivity index (χ0n) is 11.2. The number of nitrogens with one attached hydrogen (secondary N) is 1. The molecule has 0 aliphatic heterocycles. The molecule has 0 spiro atoms. The van der Waals surface area contributed by atoms with Crippen LogP contribution in [0, 0.1) is 5.82 Å². The van der Waals surface area contributed by atoms with Crippen LogP contribution in [0.25, 0.3) is 0 Å². The Morgan fingerprint density at radius 3 is 2.74 bits per heavy atom. The fourth-order valence-corrected chi connectivity index (χ4v) is 2.04. The van der Waals surface area contributed by atoms with Crippen LogP contribution in [0.1, 0.15) is 38.7 Å². The van der Waals surface area contributed by atoms with Gasteiger partial charge in [-0.3, -0.25) is 0 Å². The van der Waals surface area contributed by atoms with E-state index in [4.69, 9.17) is 16.3 Å². The summed E-state index contributed by atoms with van der Waals surface area (Å²) in [6.07, 6.45) is 0.356. The van der Waals surface area contributed by atoms with Crippen LogP contribution in [0.5, 0.6) is 0 Å². The van der Waals surface area contributed by atoms with Crippen LogP contribution in [0.3, 0.4) is 0 Å². The summed E-state index contributed by atoms with van der Waals surface area (Å²) in [6.45, 7) is 5.43. The minimum Gasteiger partial charge on any atom is -0.444 e. The summed E-state index contributed by atoms with van der Waals surface area (Å²) in [7, 11) is 0. The highest BCUT2D eigenvalue weighted by Gasteiger charge is 2.40. The molecular weight excluding hydrogens is 269 g/mol. The van der Waals surface area contributed by atoms with Gasteiger partial charge >= 0.3 is 6.09 Å². The first-order valence-corrected chi connectivity index (χ1v) is 6.58. The number of hydrogen-bond donors (Lipinski definition) is 1. The van der Waals surface area contributed by atoms with Gasteiger partial charge in [0.15, 0.2) is 0 Å². The molecule has 1 aliphatic carbocycles. The Bertz CT molecular complexity index is 499. The minimum atomic E-state index is -0.513. The van der Waals surface area contributed by atoms with Crippen molar-refractivity contribution in [2.45, 2.75) is 44.8 Å². The highest BCUT2D eigenvalue weighted by Crippen LogP contribution is 2.41. The normalized spacial score (nSPS) is 21.9. The van der Waals surface area contributed by atoms with Gasteiger partial charge in [-0.25, -0.2) is 9.18 Å². The third kappa shape index (κ3) is 3.83. The lowest BCUT2D eigenvalue weighted by Crippen LogP contribution is -2.34. The van der Waals surface area contributed by atoms with E-state index in [9.17, 15) is 9.18 Å². The topological polar surface area (TPSA) is 38.3 Å². The maximum absolute atomic E-state index is 13.3. The number of rotatable bonds is 2. The summed E-state index contributed by atoms with van der Waals surface area (Å²) >= 11 is 5.63. The molecule has 1 aliphatic rings. The minimum absolute atomic E-state index is 0.00965. The lowest BCUT2D eigenvalue weighted by Gasteiger charge is -2.19. The summed E-state index contributed by atoms with van der Waals surface area (Å²) in [5.41, 5.74) is 0.337. The molecule has 3 nitrogen and oxygen atoms in total. The van der Waals surface area contributed by atoms with Gasteiger partial charge in [-0.05, 0) is 44.9 Å². The monoisotopic (exact) mass is 285 g/mol.